The minimum Gasteiger partial charge on any atom is -0.639 e. The van der Waals surface area contributed by atoms with Crippen LogP contribution >= 0.6 is 0 Å². The van der Waals surface area contributed by atoms with Crippen LogP contribution in [-0.4, -0.2) is 54.7 Å². The molecule has 1 fully saturated rings. The molecule has 1 heterocycles. The zero-order chi connectivity index (χ0) is 13.9. The van der Waals surface area contributed by atoms with E-state index in [4.69, 9.17) is 4.74 Å². The number of nitrogens with zero attached hydrogens (tertiary/aromatic N) is 2. The van der Waals surface area contributed by atoms with E-state index in [2.05, 4.69) is 10.1 Å². The van der Waals surface area contributed by atoms with Crippen LogP contribution in [0.4, 0.5) is 4.79 Å². The molecule has 1 atom stereocenters. The molecule has 19 heavy (non-hydrogen) atoms. The smallest absolute Gasteiger partial charge is 0.410 e. The maximum Gasteiger partial charge on any atom is 0.410 e. The molecule has 0 aliphatic carbocycles. The van der Waals surface area contributed by atoms with Gasteiger partial charge in [-0.25, -0.2) is 4.79 Å². The van der Waals surface area contributed by atoms with Crippen LogP contribution in [0.25, 0.3) is 5.32 Å². The van der Waals surface area contributed by atoms with Crippen LogP contribution in [0.15, 0.2) is 0 Å². The predicted octanol–water partition coefficient (Wildman–Crippen LogP) is 0.676. The summed E-state index contributed by atoms with van der Waals surface area (Å²) in [7, 11) is 1.20. The number of esters is 1. The Labute approximate surface area is 126 Å². The molecule has 0 aromatic rings. The first-order valence-corrected chi connectivity index (χ1v) is 5.52. The molecule has 0 aromatic carbocycles. The van der Waals surface area contributed by atoms with Gasteiger partial charge < -0.3 is 24.5 Å². The molecule has 108 valence electrons. The summed E-state index contributed by atoms with van der Waals surface area (Å²) in [5.41, 5.74) is -0.657. The van der Waals surface area contributed by atoms with Crippen LogP contribution in [0.2, 0.25) is 0 Å². The first-order valence-electron chi connectivity index (χ1n) is 5.52. The van der Waals surface area contributed by atoms with E-state index in [0.717, 1.165) is 4.90 Å². The van der Waals surface area contributed by atoms with E-state index >= 15 is 0 Å². The van der Waals surface area contributed by atoms with Gasteiger partial charge in [-0.2, -0.15) is 0 Å². The van der Waals surface area contributed by atoms with Gasteiger partial charge in [-0.15, -0.1) is 0 Å². The van der Waals surface area contributed by atoms with Crippen LogP contribution in [0.1, 0.15) is 20.8 Å². The van der Waals surface area contributed by atoms with Gasteiger partial charge in [0.05, 0.1) is 19.6 Å². The normalized spacial score (nSPS) is 19.1. The Morgan fingerprint density at radius 2 is 1.95 bits per heavy atom. The van der Waals surface area contributed by atoms with Crippen LogP contribution in [0.3, 0.4) is 0 Å². The van der Waals surface area contributed by atoms with E-state index < -0.39 is 29.6 Å². The minimum absolute atomic E-state index is 0. The molecular weight excluding hydrogens is 424 g/mol. The van der Waals surface area contributed by atoms with Crippen molar-refractivity contribution >= 4 is 18.0 Å². The Morgan fingerprint density at radius 3 is 2.42 bits per heavy atom. The van der Waals surface area contributed by atoms with Crippen molar-refractivity contribution < 1.29 is 44.9 Å². The molecule has 7 nitrogen and oxygen atoms in total. The van der Waals surface area contributed by atoms with Gasteiger partial charge >= 0.3 is 6.09 Å². The fraction of sp³-hybridized carbons (Fsp3) is 0.727. The van der Waals surface area contributed by atoms with E-state index in [1.807, 2.05) is 0 Å². The molecule has 0 bridgehead atoms. The molecule has 0 spiro atoms. The third kappa shape index (κ3) is 5.59. The van der Waals surface area contributed by atoms with Gasteiger partial charge in [-0.3, -0.25) is 4.79 Å². The van der Waals surface area contributed by atoms with Gasteiger partial charge in [0.25, 0.3) is 5.97 Å². The van der Waals surface area contributed by atoms with Crippen LogP contribution in [-0.2, 0) is 40.1 Å². The molecule has 1 unspecified atom stereocenters. The van der Waals surface area contributed by atoms with E-state index in [9.17, 15) is 14.4 Å². The zero-order valence-electron chi connectivity index (χ0n) is 11.3. The number of hydrogen-bond acceptors (Lipinski definition) is 5. The van der Waals surface area contributed by atoms with Gasteiger partial charge in [-0.05, 0) is 20.8 Å². The van der Waals surface area contributed by atoms with Crippen molar-refractivity contribution in [2.75, 3.05) is 20.2 Å². The average molecular weight is 441 g/mol. The number of ether oxygens (including phenoxy) is 2. The first-order chi connectivity index (χ1) is 8.23. The van der Waals surface area contributed by atoms with Crippen molar-refractivity contribution in [3.8, 4) is 0 Å². The summed E-state index contributed by atoms with van der Waals surface area (Å²) in [4.78, 5) is 35.6. The van der Waals surface area contributed by atoms with Crippen molar-refractivity contribution in [3.63, 3.8) is 0 Å². The maximum atomic E-state index is 11.8. The van der Waals surface area contributed by atoms with E-state index in [1.54, 1.807) is 20.8 Å². The van der Waals surface area contributed by atoms with Crippen molar-refractivity contribution in [2.24, 2.45) is 0 Å². The number of hydrogen-bond donors (Lipinski definition) is 0. The first kappa shape index (κ1) is 17.9. The minimum atomic E-state index is -0.969. The van der Waals surface area contributed by atoms with Gasteiger partial charge in [0.2, 0.25) is 0 Å². The molecule has 8 heteroatoms. The number of piperazine rings is 1. The molecule has 0 N–H and O–H groups in total. The van der Waals surface area contributed by atoms with Crippen molar-refractivity contribution in [2.45, 2.75) is 32.4 Å². The Morgan fingerprint density at radius 1 is 1.37 bits per heavy atom. The van der Waals surface area contributed by atoms with Crippen LogP contribution in [0, 0.1) is 0 Å². The summed E-state index contributed by atoms with van der Waals surface area (Å²) in [6.07, 6.45) is -0.639. The van der Waals surface area contributed by atoms with Gasteiger partial charge in [0.15, 0.2) is 0 Å². The SMILES string of the molecule is COC(=O)C1CN(C(=O)OC(C)(C)C)CC(=O)[N-]1.[W]. The number of amides is 2. The van der Waals surface area contributed by atoms with E-state index in [1.165, 1.54) is 7.11 Å². The average Bonchev–Trinajstić information content (AvgIpc) is 2.24. The fourth-order valence-electron chi connectivity index (χ4n) is 1.42. The summed E-state index contributed by atoms with van der Waals surface area (Å²) >= 11 is 0. The van der Waals surface area contributed by atoms with Gasteiger partial charge in [0, 0.05) is 33.7 Å². The number of carbonyl (C=O) groups excluding carboxylic acids is 3. The van der Waals surface area contributed by atoms with Gasteiger partial charge in [0.1, 0.15) is 5.60 Å². The maximum absolute atomic E-state index is 11.8. The Bertz CT molecular complexity index is 367. The van der Waals surface area contributed by atoms with Crippen molar-refractivity contribution in [3.05, 3.63) is 5.32 Å². The van der Waals surface area contributed by atoms with Gasteiger partial charge in [-0.1, -0.05) is 0 Å². The Balaban J connectivity index is 0.00000324. The molecule has 1 aliphatic rings. The molecule has 0 aromatic heterocycles. The third-order valence-corrected chi connectivity index (χ3v) is 2.14. The predicted molar refractivity (Wildman–Crippen MR) is 62.0 cm³/mol. The number of methoxy groups -OCH3 is 1. The molecule has 0 radical (unpaired) electrons. The van der Waals surface area contributed by atoms with Crippen molar-refractivity contribution in [1.29, 1.82) is 0 Å². The second kappa shape index (κ2) is 6.89. The third-order valence-electron chi connectivity index (χ3n) is 2.14. The molecule has 1 rings (SSSR count). The largest absolute Gasteiger partial charge is 0.639 e. The summed E-state index contributed by atoms with van der Waals surface area (Å²) in [5.74, 6) is -1.18. The molecule has 1 saturated heterocycles. The van der Waals surface area contributed by atoms with E-state index in [-0.39, 0.29) is 34.2 Å². The molecule has 0 saturated carbocycles. The number of carbonyl (C=O) groups is 3. The molecule has 1 aliphatic heterocycles. The molecule has 2 amide bonds. The fourth-order valence-corrected chi connectivity index (χ4v) is 1.42. The Kier molecular flexibility index (Phi) is 6.49. The summed E-state index contributed by atoms with van der Waals surface area (Å²) in [5, 5.41) is 3.62. The number of rotatable bonds is 1. The quantitative estimate of drug-likeness (QED) is 0.559. The van der Waals surface area contributed by atoms with Crippen molar-refractivity contribution in [1.82, 2.24) is 4.90 Å². The zero-order valence-corrected chi connectivity index (χ0v) is 14.3. The second-order valence-corrected chi connectivity index (χ2v) is 4.92. The topological polar surface area (TPSA) is 87.0 Å². The molecular formula is C11H17N2O5W-. The van der Waals surface area contributed by atoms with E-state index in [0.29, 0.717) is 0 Å². The summed E-state index contributed by atoms with van der Waals surface area (Å²) in [6.45, 7) is 4.98. The standard InChI is InChI=1S/C11H18N2O5.W/c1-11(2,3)18-10(16)13-5-7(9(15)17-4)12-8(14)6-13;/h7H,5-6H2,1-4H3,(H,12,14);/p-1. The Hall–Kier alpha value is -1.10. The van der Waals surface area contributed by atoms with Crippen LogP contribution in [0.5, 0.6) is 0 Å². The monoisotopic (exact) mass is 441 g/mol. The summed E-state index contributed by atoms with van der Waals surface area (Å²) < 4.78 is 9.63. The van der Waals surface area contributed by atoms with Crippen LogP contribution < -0.4 is 0 Å². The summed E-state index contributed by atoms with van der Waals surface area (Å²) in [6, 6.07) is -0.969. The second-order valence-electron chi connectivity index (χ2n) is 4.92.